The predicted molar refractivity (Wildman–Crippen MR) is 125 cm³/mol. The van der Waals surface area contributed by atoms with Gasteiger partial charge in [0.1, 0.15) is 17.3 Å². The highest BCUT2D eigenvalue weighted by atomic mass is 32.1. The maximum absolute atomic E-state index is 14.2. The van der Waals surface area contributed by atoms with E-state index in [0.717, 1.165) is 4.70 Å². The van der Waals surface area contributed by atoms with Gasteiger partial charge in [0.2, 0.25) is 5.78 Å². The quantitative estimate of drug-likeness (QED) is 0.367. The molecular formula is C25H19FN2O5S. The molecule has 7 nitrogen and oxygen atoms in total. The van der Waals surface area contributed by atoms with Crippen molar-refractivity contribution in [3.8, 4) is 5.75 Å². The molecule has 4 aromatic rings. The molecule has 1 aliphatic rings. The van der Waals surface area contributed by atoms with Crippen molar-refractivity contribution < 1.29 is 28.2 Å². The van der Waals surface area contributed by atoms with Gasteiger partial charge in [0.05, 0.1) is 28.4 Å². The summed E-state index contributed by atoms with van der Waals surface area (Å²) in [6.07, 6.45) is 0. The zero-order valence-corrected chi connectivity index (χ0v) is 19.1. The lowest BCUT2D eigenvalue weighted by Gasteiger charge is -2.24. The van der Waals surface area contributed by atoms with Gasteiger partial charge in [-0.25, -0.2) is 9.37 Å². The number of carbonyl (C=O) groups excluding carboxylic acids is 2. The van der Waals surface area contributed by atoms with E-state index in [1.54, 1.807) is 31.2 Å². The average Bonchev–Trinajstić information content (AvgIpc) is 3.50. The normalized spacial score (nSPS) is 16.0. The Balaban J connectivity index is 1.65. The summed E-state index contributed by atoms with van der Waals surface area (Å²) in [5.41, 5.74) is 0.743. The Bertz CT molecular complexity index is 1470. The Kier molecular flexibility index (Phi) is 5.41. The van der Waals surface area contributed by atoms with Crippen molar-refractivity contribution in [3.05, 3.63) is 88.8 Å². The molecule has 34 heavy (non-hydrogen) atoms. The van der Waals surface area contributed by atoms with Crippen molar-refractivity contribution in [2.24, 2.45) is 0 Å². The van der Waals surface area contributed by atoms with Crippen LogP contribution in [0.15, 0.2) is 70.3 Å². The SMILES string of the molecule is CCOc1ccc2nc(N3C(=O)C(O)=C(C(=O)c4ccc(C)o4)[C@H]3c3cccc(F)c3)sc2c1. The summed E-state index contributed by atoms with van der Waals surface area (Å²) < 4.78 is 25.9. The number of hydrogen-bond acceptors (Lipinski definition) is 7. The molecule has 1 amide bonds. The number of ketones is 1. The maximum Gasteiger partial charge on any atom is 0.296 e. The van der Waals surface area contributed by atoms with E-state index in [0.29, 0.717) is 29.2 Å². The molecule has 3 heterocycles. The maximum atomic E-state index is 14.2. The molecule has 0 saturated carbocycles. The number of amides is 1. The minimum Gasteiger partial charge on any atom is -0.503 e. The van der Waals surface area contributed by atoms with Crippen LogP contribution in [-0.4, -0.2) is 28.4 Å². The minimum atomic E-state index is -1.09. The number of fused-ring (bicyclic) bond motifs is 1. The summed E-state index contributed by atoms with van der Waals surface area (Å²) in [5.74, 6) is -1.58. The Morgan fingerprint density at radius 1 is 1.24 bits per heavy atom. The van der Waals surface area contributed by atoms with Gasteiger partial charge in [0, 0.05) is 0 Å². The molecule has 0 bridgehead atoms. The van der Waals surface area contributed by atoms with Gasteiger partial charge in [-0.15, -0.1) is 0 Å². The molecule has 0 unspecified atom stereocenters. The van der Waals surface area contributed by atoms with Crippen molar-refractivity contribution in [3.63, 3.8) is 0 Å². The lowest BCUT2D eigenvalue weighted by molar-refractivity contribution is -0.117. The third-order valence-electron chi connectivity index (χ3n) is 5.45. The third kappa shape index (κ3) is 3.63. The lowest BCUT2D eigenvalue weighted by Crippen LogP contribution is -2.31. The lowest BCUT2D eigenvalue weighted by atomic mass is 9.95. The molecule has 1 atom stereocenters. The first-order chi connectivity index (χ1) is 16.4. The zero-order chi connectivity index (χ0) is 24.0. The highest BCUT2D eigenvalue weighted by Gasteiger charge is 2.46. The number of benzene rings is 2. The van der Waals surface area contributed by atoms with Crippen molar-refractivity contribution in [1.29, 1.82) is 0 Å². The Morgan fingerprint density at radius 3 is 2.76 bits per heavy atom. The van der Waals surface area contributed by atoms with Gasteiger partial charge in [-0.05, 0) is 61.9 Å². The number of rotatable bonds is 6. The number of aryl methyl sites for hydroxylation is 1. The molecule has 172 valence electrons. The van der Waals surface area contributed by atoms with Crippen LogP contribution in [0.3, 0.4) is 0 Å². The number of anilines is 1. The van der Waals surface area contributed by atoms with Crippen LogP contribution in [0.2, 0.25) is 0 Å². The minimum absolute atomic E-state index is 0.0271. The molecule has 1 N–H and O–H groups in total. The molecule has 1 aliphatic heterocycles. The van der Waals surface area contributed by atoms with Crippen LogP contribution in [0.5, 0.6) is 5.75 Å². The number of aliphatic hydroxyl groups excluding tert-OH is 1. The van der Waals surface area contributed by atoms with Gasteiger partial charge < -0.3 is 14.3 Å². The zero-order valence-electron chi connectivity index (χ0n) is 18.2. The molecule has 2 aromatic heterocycles. The summed E-state index contributed by atoms with van der Waals surface area (Å²) in [7, 11) is 0. The summed E-state index contributed by atoms with van der Waals surface area (Å²) >= 11 is 1.20. The topological polar surface area (TPSA) is 92.9 Å². The number of thiazole rings is 1. The average molecular weight is 479 g/mol. The number of halogens is 1. The van der Waals surface area contributed by atoms with Gasteiger partial charge in [-0.3, -0.25) is 14.5 Å². The summed E-state index contributed by atoms with van der Waals surface area (Å²) in [6, 6.07) is 12.9. The molecule has 5 rings (SSSR count). The Labute approximate surface area is 197 Å². The van der Waals surface area contributed by atoms with Crippen LogP contribution in [0, 0.1) is 12.7 Å². The van der Waals surface area contributed by atoms with Gasteiger partial charge in [0.25, 0.3) is 5.91 Å². The Morgan fingerprint density at radius 2 is 2.06 bits per heavy atom. The van der Waals surface area contributed by atoms with Gasteiger partial charge in [0.15, 0.2) is 16.7 Å². The summed E-state index contributed by atoms with van der Waals surface area (Å²) in [5, 5.41) is 11.1. The van der Waals surface area contributed by atoms with Crippen molar-refractivity contribution >= 4 is 38.4 Å². The fourth-order valence-corrected chi connectivity index (χ4v) is 4.99. The van der Waals surface area contributed by atoms with E-state index < -0.39 is 29.3 Å². The molecule has 0 fully saturated rings. The van der Waals surface area contributed by atoms with E-state index in [1.807, 2.05) is 13.0 Å². The van der Waals surface area contributed by atoms with Crippen LogP contribution < -0.4 is 9.64 Å². The number of ether oxygens (including phenoxy) is 1. The number of furan rings is 1. The molecular weight excluding hydrogens is 459 g/mol. The van der Waals surface area contributed by atoms with E-state index in [2.05, 4.69) is 4.98 Å². The van der Waals surface area contributed by atoms with Crippen molar-refractivity contribution in [2.45, 2.75) is 19.9 Å². The monoisotopic (exact) mass is 478 g/mol. The smallest absolute Gasteiger partial charge is 0.296 e. The van der Waals surface area contributed by atoms with Crippen molar-refractivity contribution in [2.75, 3.05) is 11.5 Å². The van der Waals surface area contributed by atoms with E-state index in [4.69, 9.17) is 9.15 Å². The summed E-state index contributed by atoms with van der Waals surface area (Å²) in [4.78, 5) is 32.4. The fraction of sp³-hybridized carbons (Fsp3) is 0.160. The second-order valence-electron chi connectivity index (χ2n) is 7.69. The van der Waals surface area contributed by atoms with E-state index in [9.17, 15) is 19.1 Å². The molecule has 0 radical (unpaired) electrons. The number of Topliss-reactive ketones (excluding diaryl/α,β-unsaturated/α-hetero) is 1. The highest BCUT2D eigenvalue weighted by Crippen LogP contribution is 2.44. The highest BCUT2D eigenvalue weighted by molar-refractivity contribution is 7.22. The second kappa shape index (κ2) is 8.42. The molecule has 0 spiro atoms. The van der Waals surface area contributed by atoms with Crippen LogP contribution in [0.1, 0.15) is 34.8 Å². The van der Waals surface area contributed by atoms with Crippen LogP contribution >= 0.6 is 11.3 Å². The molecule has 9 heteroatoms. The standard InChI is InChI=1S/C25H19FN2O5S/c1-3-32-16-8-9-17-19(12-16)34-25(27-17)28-21(14-5-4-6-15(26)11-14)20(23(30)24(28)31)22(29)18-10-7-13(2)33-18/h4-12,21,30H,3H2,1-2H3/t21-/m1/s1. The first-order valence-corrected chi connectivity index (χ1v) is 11.4. The van der Waals surface area contributed by atoms with Crippen LogP contribution in [-0.2, 0) is 4.79 Å². The number of carbonyl (C=O) groups is 2. The number of aromatic nitrogens is 1. The van der Waals surface area contributed by atoms with E-state index in [-0.39, 0.29) is 16.5 Å². The van der Waals surface area contributed by atoms with Crippen molar-refractivity contribution in [1.82, 2.24) is 4.98 Å². The number of nitrogens with zero attached hydrogens (tertiary/aromatic N) is 2. The third-order valence-corrected chi connectivity index (χ3v) is 6.46. The fourth-order valence-electron chi connectivity index (χ4n) is 3.97. The van der Waals surface area contributed by atoms with E-state index >= 15 is 0 Å². The second-order valence-corrected chi connectivity index (χ2v) is 8.70. The first kappa shape index (κ1) is 21.8. The predicted octanol–water partition coefficient (Wildman–Crippen LogP) is 5.52. The molecule has 2 aromatic carbocycles. The first-order valence-electron chi connectivity index (χ1n) is 10.5. The largest absolute Gasteiger partial charge is 0.503 e. The number of aliphatic hydroxyl groups is 1. The van der Waals surface area contributed by atoms with E-state index in [1.165, 1.54) is 40.5 Å². The van der Waals surface area contributed by atoms with Crippen LogP contribution in [0.25, 0.3) is 10.2 Å². The number of hydrogen-bond donors (Lipinski definition) is 1. The Hall–Kier alpha value is -3.98. The molecule has 0 saturated heterocycles. The van der Waals surface area contributed by atoms with Gasteiger partial charge in [-0.1, -0.05) is 23.5 Å². The summed E-state index contributed by atoms with van der Waals surface area (Å²) in [6.45, 7) is 4.06. The molecule has 0 aliphatic carbocycles. The van der Waals surface area contributed by atoms with Gasteiger partial charge >= 0.3 is 0 Å². The van der Waals surface area contributed by atoms with Gasteiger partial charge in [-0.2, -0.15) is 0 Å². The van der Waals surface area contributed by atoms with Crippen LogP contribution in [0.4, 0.5) is 9.52 Å².